The lowest BCUT2D eigenvalue weighted by Crippen LogP contribution is -2.41. The van der Waals surface area contributed by atoms with Gasteiger partial charge in [0.15, 0.2) is 6.29 Å². The van der Waals surface area contributed by atoms with Crippen molar-refractivity contribution in [2.45, 2.75) is 18.9 Å². The van der Waals surface area contributed by atoms with Crippen LogP contribution in [0.15, 0.2) is 12.2 Å². The van der Waals surface area contributed by atoms with Crippen LogP contribution in [0.1, 0.15) is 12.8 Å². The van der Waals surface area contributed by atoms with Crippen molar-refractivity contribution in [1.29, 1.82) is 0 Å². The van der Waals surface area contributed by atoms with E-state index >= 15 is 0 Å². The largest absolute Gasteiger partial charge is 0.303 e. The molecular formula is C8H11NO2. The normalized spacial score (nSPS) is 24.7. The molecule has 1 unspecified atom stereocenters. The third kappa shape index (κ3) is 1.98. The number of nitrogens with one attached hydrogen (secondary N) is 1. The predicted molar refractivity (Wildman–Crippen MR) is 41.2 cm³/mol. The van der Waals surface area contributed by atoms with E-state index in [4.69, 9.17) is 0 Å². The molecule has 1 aliphatic heterocycles. The molecule has 0 bridgehead atoms. The van der Waals surface area contributed by atoms with Crippen LogP contribution in [-0.4, -0.2) is 24.7 Å². The number of Topliss-reactive ketones (excluding diaryl/α,β-unsaturated/α-hetero) is 1. The first-order valence-electron chi connectivity index (χ1n) is 3.63. The highest BCUT2D eigenvalue weighted by Gasteiger charge is 2.20. The second-order valence-electron chi connectivity index (χ2n) is 2.74. The molecule has 0 radical (unpaired) electrons. The van der Waals surface area contributed by atoms with Gasteiger partial charge in [-0.3, -0.25) is 9.59 Å². The molecule has 3 nitrogen and oxygen atoms in total. The van der Waals surface area contributed by atoms with Gasteiger partial charge in [0, 0.05) is 6.54 Å². The molecule has 1 heterocycles. The van der Waals surface area contributed by atoms with Gasteiger partial charge in [-0.25, -0.2) is 0 Å². The van der Waals surface area contributed by atoms with Gasteiger partial charge >= 0.3 is 0 Å². The maximum absolute atomic E-state index is 10.8. The average molecular weight is 153 g/mol. The fourth-order valence-electron chi connectivity index (χ4n) is 1.13. The van der Waals surface area contributed by atoms with Crippen LogP contribution in [0.25, 0.3) is 0 Å². The fraction of sp³-hybridized carbons (Fsp3) is 0.500. The zero-order chi connectivity index (χ0) is 8.27. The zero-order valence-electron chi connectivity index (χ0n) is 6.30. The number of hydrogen-bond donors (Lipinski definition) is 1. The molecule has 0 aromatic carbocycles. The second kappa shape index (κ2) is 3.44. The van der Waals surface area contributed by atoms with E-state index in [0.29, 0.717) is 19.3 Å². The molecule has 1 aliphatic rings. The molecule has 0 aromatic rings. The van der Waals surface area contributed by atoms with Crippen LogP contribution >= 0.6 is 0 Å². The lowest BCUT2D eigenvalue weighted by Gasteiger charge is -2.21. The summed E-state index contributed by atoms with van der Waals surface area (Å²) in [6.07, 6.45) is 1.93. The third-order valence-corrected chi connectivity index (χ3v) is 1.84. The monoisotopic (exact) mass is 153 g/mol. The van der Waals surface area contributed by atoms with Crippen LogP contribution in [0.5, 0.6) is 0 Å². The molecule has 0 spiro atoms. The minimum Gasteiger partial charge on any atom is -0.303 e. The van der Waals surface area contributed by atoms with Gasteiger partial charge in [0.1, 0.15) is 0 Å². The van der Waals surface area contributed by atoms with Crippen molar-refractivity contribution in [3.8, 4) is 0 Å². The minimum atomic E-state index is -0.350. The number of aldehydes is 1. The summed E-state index contributed by atoms with van der Waals surface area (Å²) in [5.41, 5.74) is 1.10. The smallest absolute Gasteiger partial charge is 0.212 e. The summed E-state index contributed by atoms with van der Waals surface area (Å²) in [6.45, 7) is 4.43. The van der Waals surface area contributed by atoms with E-state index in [2.05, 4.69) is 11.9 Å². The Kier molecular flexibility index (Phi) is 2.54. The summed E-state index contributed by atoms with van der Waals surface area (Å²) < 4.78 is 0. The number of ketones is 1. The molecule has 60 valence electrons. The highest BCUT2D eigenvalue weighted by molar-refractivity contribution is 6.27. The predicted octanol–water partition coefficient (Wildman–Crippen LogP) is 0.0626. The molecule has 11 heavy (non-hydrogen) atoms. The molecule has 1 atom stereocenters. The van der Waals surface area contributed by atoms with E-state index < -0.39 is 0 Å². The van der Waals surface area contributed by atoms with Gasteiger partial charge in [0.05, 0.1) is 6.04 Å². The Labute approximate surface area is 65.5 Å². The van der Waals surface area contributed by atoms with Crippen molar-refractivity contribution in [1.82, 2.24) is 5.32 Å². The van der Waals surface area contributed by atoms with Crippen LogP contribution < -0.4 is 5.32 Å². The van der Waals surface area contributed by atoms with Crippen molar-refractivity contribution < 1.29 is 9.59 Å². The van der Waals surface area contributed by atoms with Crippen molar-refractivity contribution in [2.75, 3.05) is 6.54 Å². The summed E-state index contributed by atoms with van der Waals surface area (Å²) in [7, 11) is 0. The van der Waals surface area contributed by atoms with Crippen LogP contribution in [0.2, 0.25) is 0 Å². The van der Waals surface area contributed by atoms with Gasteiger partial charge in [-0.15, -0.1) is 0 Å². The molecule has 3 heteroatoms. The SMILES string of the molecule is C=C1CCC(C(=O)C=O)NC1. The summed E-state index contributed by atoms with van der Waals surface area (Å²) in [5, 5.41) is 2.94. The maximum Gasteiger partial charge on any atom is 0.212 e. The van der Waals surface area contributed by atoms with Crippen molar-refractivity contribution in [2.24, 2.45) is 0 Å². The molecule has 0 saturated carbocycles. The van der Waals surface area contributed by atoms with Gasteiger partial charge in [-0.05, 0) is 12.8 Å². The van der Waals surface area contributed by atoms with Crippen molar-refractivity contribution in [3.63, 3.8) is 0 Å². The minimum absolute atomic E-state index is 0.266. The summed E-state index contributed by atoms with van der Waals surface area (Å²) in [5.74, 6) is -0.350. The standard InChI is InChI=1S/C8H11NO2/c1-6-2-3-7(9-4-6)8(11)5-10/h5,7,9H,1-4H2. The van der Waals surface area contributed by atoms with Crippen LogP contribution in [-0.2, 0) is 9.59 Å². The van der Waals surface area contributed by atoms with Crippen LogP contribution in [0.3, 0.4) is 0 Å². The Bertz CT molecular complexity index is 188. The fourth-order valence-corrected chi connectivity index (χ4v) is 1.13. The van der Waals surface area contributed by atoms with Crippen LogP contribution in [0.4, 0.5) is 0 Å². The third-order valence-electron chi connectivity index (χ3n) is 1.84. The van der Waals surface area contributed by atoms with Gasteiger partial charge in [0.25, 0.3) is 0 Å². The number of carbonyl (C=O) groups is 2. The first-order valence-corrected chi connectivity index (χ1v) is 3.63. The van der Waals surface area contributed by atoms with E-state index in [1.165, 1.54) is 0 Å². The number of carbonyl (C=O) groups excluding carboxylic acids is 2. The summed E-state index contributed by atoms with van der Waals surface area (Å²) in [6, 6.07) is -0.266. The Morgan fingerprint density at radius 1 is 1.73 bits per heavy atom. The average Bonchev–Trinajstić information content (AvgIpc) is 2.05. The van der Waals surface area contributed by atoms with E-state index in [9.17, 15) is 9.59 Å². The number of rotatable bonds is 2. The quantitative estimate of drug-likeness (QED) is 0.347. The molecule has 1 fully saturated rings. The Balaban J connectivity index is 2.44. The summed E-state index contributed by atoms with van der Waals surface area (Å²) >= 11 is 0. The van der Waals surface area contributed by atoms with Gasteiger partial charge in [-0.1, -0.05) is 12.2 Å². The zero-order valence-corrected chi connectivity index (χ0v) is 6.30. The topological polar surface area (TPSA) is 46.2 Å². The molecular weight excluding hydrogens is 142 g/mol. The second-order valence-corrected chi connectivity index (χ2v) is 2.74. The molecule has 0 aromatic heterocycles. The van der Waals surface area contributed by atoms with E-state index in [-0.39, 0.29) is 11.8 Å². The van der Waals surface area contributed by atoms with Gasteiger partial charge in [-0.2, -0.15) is 0 Å². The number of piperidine rings is 1. The highest BCUT2D eigenvalue weighted by Crippen LogP contribution is 2.10. The molecule has 1 rings (SSSR count). The molecule has 0 amide bonds. The summed E-state index contributed by atoms with van der Waals surface area (Å²) in [4.78, 5) is 20.9. The molecule has 1 saturated heterocycles. The molecule has 0 aliphatic carbocycles. The van der Waals surface area contributed by atoms with E-state index in [1.807, 2.05) is 0 Å². The highest BCUT2D eigenvalue weighted by atomic mass is 16.2. The first-order chi connectivity index (χ1) is 5.24. The molecule has 1 N–H and O–H groups in total. The Morgan fingerprint density at radius 3 is 2.91 bits per heavy atom. The van der Waals surface area contributed by atoms with E-state index in [0.717, 1.165) is 12.0 Å². The Morgan fingerprint density at radius 2 is 2.45 bits per heavy atom. The van der Waals surface area contributed by atoms with Crippen molar-refractivity contribution >= 4 is 12.1 Å². The first kappa shape index (κ1) is 8.14. The van der Waals surface area contributed by atoms with Gasteiger partial charge < -0.3 is 5.32 Å². The lowest BCUT2D eigenvalue weighted by atomic mass is 9.99. The van der Waals surface area contributed by atoms with Crippen LogP contribution in [0, 0.1) is 0 Å². The Hall–Kier alpha value is -0.960. The lowest BCUT2D eigenvalue weighted by molar-refractivity contribution is -0.131. The van der Waals surface area contributed by atoms with Gasteiger partial charge in [0.2, 0.25) is 5.78 Å². The van der Waals surface area contributed by atoms with Crippen molar-refractivity contribution in [3.05, 3.63) is 12.2 Å². The number of hydrogen-bond acceptors (Lipinski definition) is 3. The van der Waals surface area contributed by atoms with E-state index in [1.54, 1.807) is 0 Å². The maximum atomic E-state index is 10.8.